The molecule has 2 unspecified atom stereocenters. The molecule has 0 saturated carbocycles. The number of rotatable bonds is 9. The van der Waals surface area contributed by atoms with E-state index < -0.39 is 35.4 Å². The molecule has 3 aliphatic rings. The number of carbonyl (C=O) groups is 3. The van der Waals surface area contributed by atoms with Crippen molar-refractivity contribution in [3.63, 3.8) is 0 Å². The molecule has 4 rings (SSSR count). The van der Waals surface area contributed by atoms with Crippen LogP contribution >= 0.6 is 23.1 Å². The largest absolute Gasteiger partial charge is 0.477 e. The Balaban J connectivity index is 1.60. The summed E-state index contributed by atoms with van der Waals surface area (Å²) in [7, 11) is 0. The molecule has 0 spiro atoms. The fourth-order valence-corrected chi connectivity index (χ4v) is 5.97. The van der Waals surface area contributed by atoms with E-state index >= 15 is 0 Å². The number of thiazole rings is 1. The fraction of sp³-hybridized carbons (Fsp3) is 0.381. The molecule has 16 heteroatoms. The number of hydrogen-bond donors (Lipinski definition) is 5. The Morgan fingerprint density at radius 3 is 2.86 bits per heavy atom. The predicted molar refractivity (Wildman–Crippen MR) is 139 cm³/mol. The number of hydrogen-bond acceptors (Lipinski definition) is 12. The Morgan fingerprint density at radius 1 is 1.49 bits per heavy atom. The lowest BCUT2D eigenvalue weighted by Gasteiger charge is -2.50. The summed E-state index contributed by atoms with van der Waals surface area (Å²) in [4.78, 5) is 54.7. The molecule has 3 aliphatic heterocycles. The molecule has 0 aromatic carbocycles. The highest BCUT2D eigenvalue weighted by Gasteiger charge is 2.55. The van der Waals surface area contributed by atoms with Crippen LogP contribution in [0.3, 0.4) is 0 Å². The number of aromatic nitrogens is 1. The predicted octanol–water partition coefficient (Wildman–Crippen LogP) is -0.243. The zero-order valence-corrected chi connectivity index (χ0v) is 21.3. The molecule has 0 bridgehead atoms. The van der Waals surface area contributed by atoms with Crippen LogP contribution in [0.5, 0.6) is 0 Å². The Bertz CT molecular complexity index is 1260. The number of anilines is 1. The summed E-state index contributed by atoms with van der Waals surface area (Å²) in [6.07, 6.45) is 1.14. The van der Waals surface area contributed by atoms with E-state index in [4.69, 9.17) is 21.7 Å². The Hall–Kier alpha value is -3.76. The van der Waals surface area contributed by atoms with Crippen LogP contribution in [0, 0.1) is 5.41 Å². The molecule has 1 aromatic rings. The molecule has 2 amide bonds. The first-order chi connectivity index (χ1) is 17.7. The van der Waals surface area contributed by atoms with Gasteiger partial charge in [0.25, 0.3) is 11.8 Å². The number of nitrogens with zero attached hydrogens (tertiary/aromatic N) is 5. The maximum atomic E-state index is 13.1. The molecule has 196 valence electrons. The molecular formula is C21H25N9O5S2. The number of nitrogen functional groups attached to an aromatic ring is 1. The third kappa shape index (κ3) is 4.94. The second kappa shape index (κ2) is 10.7. The van der Waals surface area contributed by atoms with Crippen molar-refractivity contribution in [1.29, 1.82) is 5.41 Å². The lowest BCUT2D eigenvalue weighted by molar-refractivity contribution is -0.150. The zero-order chi connectivity index (χ0) is 26.9. The minimum Gasteiger partial charge on any atom is -0.477 e. The quantitative estimate of drug-likeness (QED) is 0.0899. The third-order valence-electron chi connectivity index (χ3n) is 5.71. The van der Waals surface area contributed by atoms with Gasteiger partial charge in [-0.2, -0.15) is 0 Å². The number of oxime groups is 1. The van der Waals surface area contributed by atoms with Crippen molar-refractivity contribution in [2.24, 2.45) is 15.9 Å². The summed E-state index contributed by atoms with van der Waals surface area (Å²) in [6.45, 7) is 5.85. The van der Waals surface area contributed by atoms with Gasteiger partial charge < -0.3 is 31.6 Å². The zero-order valence-electron chi connectivity index (χ0n) is 19.7. The normalized spacial score (nSPS) is 23.8. The van der Waals surface area contributed by atoms with E-state index in [0.29, 0.717) is 12.1 Å². The Morgan fingerprint density at radius 2 is 2.24 bits per heavy atom. The van der Waals surface area contributed by atoms with Crippen LogP contribution in [0.25, 0.3) is 0 Å². The van der Waals surface area contributed by atoms with E-state index in [1.54, 1.807) is 4.90 Å². The van der Waals surface area contributed by atoms with Gasteiger partial charge in [-0.3, -0.25) is 19.9 Å². The van der Waals surface area contributed by atoms with Crippen LogP contribution in [0.2, 0.25) is 0 Å². The smallest absolute Gasteiger partial charge is 0.353 e. The number of thioether (sulfide) groups is 1. The average Bonchev–Trinajstić information content (AvgIpc) is 3.29. The summed E-state index contributed by atoms with van der Waals surface area (Å²) < 4.78 is 0. The number of β-lactam (4-membered cyclic amide) rings is 1. The van der Waals surface area contributed by atoms with Crippen molar-refractivity contribution in [3.8, 4) is 0 Å². The van der Waals surface area contributed by atoms with E-state index in [2.05, 4.69) is 27.0 Å². The standard InChI is InChI=1S/C21H25N9O5S2/c1-3-5-35-28-13(10-8-37-21(24)25-10)17(31)27-14-18(32)30-15(20(33)34)9(7-36-19(14)30)16-26-11(22)6-12(23)29(16)4-2/h3,8,12,14,19,22H,1,4-7,23H2,2H3,(H2,24,25)(H,27,31)(H,33,34)/t12?,14?,19-/m0/s1. The van der Waals surface area contributed by atoms with Gasteiger partial charge in [0, 0.05) is 29.7 Å². The summed E-state index contributed by atoms with van der Waals surface area (Å²) in [5.74, 6) is -2.17. The SMILES string of the molecule is C=CCON=C(C(=O)NC1C(=O)N2C(C(=O)O)=C(C3=NC(=N)CC(N)N3CC)CS[C@@H]12)c1csc(N)n1. The second-order valence-corrected chi connectivity index (χ2v) is 10.0. The number of amides is 2. The monoisotopic (exact) mass is 547 g/mol. The number of fused-ring (bicyclic) bond motifs is 1. The number of carboxylic acid groups (broad SMARTS) is 1. The van der Waals surface area contributed by atoms with Crippen molar-refractivity contribution >= 4 is 63.4 Å². The van der Waals surface area contributed by atoms with E-state index in [0.717, 1.165) is 16.2 Å². The van der Waals surface area contributed by atoms with Crippen molar-refractivity contribution in [1.82, 2.24) is 20.1 Å². The van der Waals surface area contributed by atoms with E-state index in [1.165, 1.54) is 23.2 Å². The fourth-order valence-electron chi connectivity index (χ4n) is 4.08. The van der Waals surface area contributed by atoms with Gasteiger partial charge in [0.2, 0.25) is 0 Å². The van der Waals surface area contributed by atoms with Crippen molar-refractivity contribution in [2.75, 3.05) is 24.6 Å². The number of carbonyl (C=O) groups excluding carboxylic acids is 2. The van der Waals surface area contributed by atoms with E-state index in [1.807, 2.05) is 6.92 Å². The van der Waals surface area contributed by atoms with Gasteiger partial charge in [-0.1, -0.05) is 17.8 Å². The molecule has 4 heterocycles. The van der Waals surface area contributed by atoms with Gasteiger partial charge in [-0.05, 0) is 6.92 Å². The number of aliphatic carboxylic acids is 1. The summed E-state index contributed by atoms with van der Waals surface area (Å²) in [6, 6.07) is -1.01. The average molecular weight is 548 g/mol. The van der Waals surface area contributed by atoms with Crippen molar-refractivity contribution < 1.29 is 24.3 Å². The highest BCUT2D eigenvalue weighted by Crippen LogP contribution is 2.41. The first kappa shape index (κ1) is 26.3. The van der Waals surface area contributed by atoms with Crippen LogP contribution in [-0.2, 0) is 19.2 Å². The van der Waals surface area contributed by atoms with E-state index in [-0.39, 0.29) is 52.7 Å². The van der Waals surface area contributed by atoms with Gasteiger partial charge >= 0.3 is 5.97 Å². The lowest BCUT2D eigenvalue weighted by Crippen LogP contribution is -2.71. The molecule has 3 atom stereocenters. The molecule has 37 heavy (non-hydrogen) atoms. The molecule has 0 aliphatic carbocycles. The van der Waals surface area contributed by atoms with Crippen molar-refractivity contribution in [3.05, 3.63) is 35.0 Å². The van der Waals surface area contributed by atoms with Crippen LogP contribution in [0.1, 0.15) is 19.0 Å². The Kier molecular flexibility index (Phi) is 7.60. The number of aliphatic imine (C=N–C) groups is 1. The summed E-state index contributed by atoms with van der Waals surface area (Å²) in [5, 5.41) is 25.5. The molecule has 1 fully saturated rings. The van der Waals surface area contributed by atoms with Gasteiger partial charge in [0.15, 0.2) is 10.8 Å². The van der Waals surface area contributed by atoms with Crippen LogP contribution in [0.15, 0.2) is 39.5 Å². The topological polar surface area (TPSA) is 213 Å². The molecule has 0 radical (unpaired) electrons. The van der Waals surface area contributed by atoms with Crippen LogP contribution < -0.4 is 16.8 Å². The number of carboxylic acids is 1. The van der Waals surface area contributed by atoms with Crippen molar-refractivity contribution in [2.45, 2.75) is 30.9 Å². The van der Waals surface area contributed by atoms with Gasteiger partial charge in [-0.15, -0.1) is 23.1 Å². The lowest BCUT2D eigenvalue weighted by atomic mass is 10.0. The second-order valence-electron chi connectivity index (χ2n) is 8.03. The number of amidine groups is 2. The van der Waals surface area contributed by atoms with Crippen LogP contribution in [0.4, 0.5) is 5.13 Å². The minimum atomic E-state index is -1.32. The summed E-state index contributed by atoms with van der Waals surface area (Å²) >= 11 is 2.38. The molecular weight excluding hydrogens is 522 g/mol. The summed E-state index contributed by atoms with van der Waals surface area (Å²) in [5.41, 5.74) is 11.9. The minimum absolute atomic E-state index is 0.0322. The molecule has 7 N–H and O–H groups in total. The highest BCUT2D eigenvalue weighted by atomic mass is 32.2. The van der Waals surface area contributed by atoms with E-state index in [9.17, 15) is 19.5 Å². The first-order valence-electron chi connectivity index (χ1n) is 11.1. The third-order valence-corrected chi connectivity index (χ3v) is 7.67. The Labute approximate surface area is 219 Å². The number of nitrogens with two attached hydrogens (primary N) is 2. The highest BCUT2D eigenvalue weighted by molar-refractivity contribution is 8.00. The molecule has 1 saturated heterocycles. The van der Waals surface area contributed by atoms with Gasteiger partial charge in [0.05, 0.1) is 6.17 Å². The molecule has 14 nitrogen and oxygen atoms in total. The maximum absolute atomic E-state index is 13.1. The maximum Gasteiger partial charge on any atom is 0.353 e. The van der Waals surface area contributed by atoms with Gasteiger partial charge in [0.1, 0.15) is 41.1 Å². The first-order valence-corrected chi connectivity index (χ1v) is 13.0. The van der Waals surface area contributed by atoms with Gasteiger partial charge in [-0.25, -0.2) is 14.8 Å². The van der Waals surface area contributed by atoms with Crippen LogP contribution in [-0.4, -0.2) is 91.5 Å². The number of likely N-dealkylation sites (N-methyl/N-ethyl adjacent to an activating group) is 1. The number of nitrogens with one attached hydrogen (secondary N) is 2. The molecule has 1 aromatic heterocycles.